The minimum atomic E-state index is -0.631. The molecule has 1 saturated carbocycles. The number of hydrogen-bond donors (Lipinski definition) is 1. The van der Waals surface area contributed by atoms with Gasteiger partial charge in [-0.1, -0.05) is 18.2 Å². The van der Waals surface area contributed by atoms with Crippen molar-refractivity contribution in [3.05, 3.63) is 41.1 Å². The molecule has 1 amide bonds. The molecule has 0 radical (unpaired) electrons. The summed E-state index contributed by atoms with van der Waals surface area (Å²) in [7, 11) is -0.631. The highest BCUT2D eigenvalue weighted by Crippen LogP contribution is 2.30. The SMILES string of the molecule is C=C1OB(c2cc(C(=O)NC3CC3)ccc2Cl)OC1(C)C. The first-order valence-electron chi connectivity index (χ1n) is 7.01. The van der Waals surface area contributed by atoms with Gasteiger partial charge in [-0.3, -0.25) is 4.79 Å². The molecule has 0 spiro atoms. The lowest BCUT2D eigenvalue weighted by molar-refractivity contribution is 0.0951. The fraction of sp³-hybridized carbons (Fsp3) is 0.400. The van der Waals surface area contributed by atoms with Gasteiger partial charge in [0.1, 0.15) is 5.60 Å². The van der Waals surface area contributed by atoms with Crippen LogP contribution in [0.25, 0.3) is 0 Å². The van der Waals surface area contributed by atoms with Crippen molar-refractivity contribution in [1.82, 2.24) is 5.32 Å². The number of nitrogens with one attached hydrogen (secondary N) is 1. The first-order chi connectivity index (χ1) is 9.87. The van der Waals surface area contributed by atoms with E-state index < -0.39 is 12.7 Å². The van der Waals surface area contributed by atoms with E-state index >= 15 is 0 Å². The number of benzene rings is 1. The molecule has 1 heterocycles. The summed E-state index contributed by atoms with van der Waals surface area (Å²) >= 11 is 6.22. The fourth-order valence-electron chi connectivity index (χ4n) is 2.12. The Morgan fingerprint density at radius 3 is 2.76 bits per heavy atom. The Hall–Kier alpha value is -1.46. The quantitative estimate of drug-likeness (QED) is 0.872. The summed E-state index contributed by atoms with van der Waals surface area (Å²) in [6.07, 6.45) is 2.10. The molecule has 6 heteroatoms. The molecule has 0 aromatic heterocycles. The predicted molar refractivity (Wildman–Crippen MR) is 82.7 cm³/mol. The Kier molecular flexibility index (Phi) is 3.50. The Bertz CT molecular complexity index is 613. The molecule has 1 aliphatic carbocycles. The van der Waals surface area contributed by atoms with Crippen LogP contribution in [0.1, 0.15) is 37.0 Å². The number of hydrogen-bond acceptors (Lipinski definition) is 3. The largest absolute Gasteiger partial charge is 0.564 e. The molecule has 1 aromatic rings. The Labute approximate surface area is 129 Å². The van der Waals surface area contributed by atoms with Gasteiger partial charge in [0.25, 0.3) is 5.91 Å². The van der Waals surface area contributed by atoms with Crippen LogP contribution >= 0.6 is 11.6 Å². The molecule has 2 fully saturated rings. The molecule has 0 unspecified atom stereocenters. The zero-order chi connectivity index (χ0) is 15.2. The van der Waals surface area contributed by atoms with E-state index in [-0.39, 0.29) is 5.91 Å². The van der Waals surface area contributed by atoms with Crippen LogP contribution < -0.4 is 10.8 Å². The third-order valence-electron chi connectivity index (χ3n) is 3.75. The molecular weight excluding hydrogens is 288 g/mol. The van der Waals surface area contributed by atoms with E-state index in [2.05, 4.69) is 11.9 Å². The third-order valence-corrected chi connectivity index (χ3v) is 4.09. The first kappa shape index (κ1) is 14.5. The highest BCUT2D eigenvalue weighted by atomic mass is 35.5. The number of amides is 1. The molecule has 0 bridgehead atoms. The number of carbonyl (C=O) groups excluding carboxylic acids is 1. The Morgan fingerprint density at radius 2 is 2.19 bits per heavy atom. The van der Waals surface area contributed by atoms with E-state index in [0.29, 0.717) is 27.8 Å². The molecular formula is C15H17BClNO3. The maximum absolute atomic E-state index is 12.1. The van der Waals surface area contributed by atoms with Crippen LogP contribution in [-0.2, 0) is 9.31 Å². The first-order valence-corrected chi connectivity index (χ1v) is 7.39. The second kappa shape index (κ2) is 5.07. The summed E-state index contributed by atoms with van der Waals surface area (Å²) in [6, 6.07) is 5.44. The smallest absolute Gasteiger partial charge is 0.534 e. The van der Waals surface area contributed by atoms with Crippen molar-refractivity contribution in [2.45, 2.75) is 38.3 Å². The highest BCUT2D eigenvalue weighted by molar-refractivity contribution is 6.66. The van der Waals surface area contributed by atoms with Crippen molar-refractivity contribution in [2.24, 2.45) is 0 Å². The molecule has 21 heavy (non-hydrogen) atoms. The Balaban J connectivity index is 1.84. The van der Waals surface area contributed by atoms with Gasteiger partial charge in [0.2, 0.25) is 0 Å². The minimum Gasteiger partial charge on any atom is -0.534 e. The summed E-state index contributed by atoms with van der Waals surface area (Å²) in [5.74, 6) is 0.461. The summed E-state index contributed by atoms with van der Waals surface area (Å²) in [5.41, 5.74) is 0.635. The van der Waals surface area contributed by atoms with Gasteiger partial charge in [-0.2, -0.15) is 0 Å². The van der Waals surface area contributed by atoms with Crippen LogP contribution in [0.3, 0.4) is 0 Å². The van der Waals surface area contributed by atoms with Crippen LogP contribution in [0.15, 0.2) is 30.5 Å². The van der Waals surface area contributed by atoms with E-state index in [4.69, 9.17) is 20.9 Å². The lowest BCUT2D eigenvalue weighted by Gasteiger charge is -2.15. The van der Waals surface area contributed by atoms with Gasteiger partial charge >= 0.3 is 7.12 Å². The standard InChI is InChI=1S/C15H17BClNO3/c1-9-15(2,3)21-16(20-9)12-8-10(4-7-13(12)17)14(19)18-11-5-6-11/h4,7-8,11H,1,5-6H2,2-3H3,(H,18,19). The second-order valence-corrected chi connectivity index (χ2v) is 6.39. The average molecular weight is 306 g/mol. The topological polar surface area (TPSA) is 47.6 Å². The molecule has 3 rings (SSSR count). The minimum absolute atomic E-state index is 0.0912. The normalized spacial score (nSPS) is 20.3. The molecule has 2 aliphatic rings. The molecule has 1 saturated heterocycles. The predicted octanol–water partition coefficient (Wildman–Crippen LogP) is 2.27. The van der Waals surface area contributed by atoms with Crippen molar-refractivity contribution in [2.75, 3.05) is 0 Å². The van der Waals surface area contributed by atoms with Gasteiger partial charge in [-0.25, -0.2) is 0 Å². The summed E-state index contributed by atoms with van der Waals surface area (Å²) < 4.78 is 11.5. The second-order valence-electron chi connectivity index (χ2n) is 5.99. The van der Waals surface area contributed by atoms with Crippen LogP contribution in [-0.4, -0.2) is 24.7 Å². The van der Waals surface area contributed by atoms with Gasteiger partial charge in [-0.05, 0) is 44.9 Å². The Morgan fingerprint density at radius 1 is 1.48 bits per heavy atom. The summed E-state index contributed by atoms with van der Waals surface area (Å²) in [5, 5.41) is 3.46. The summed E-state index contributed by atoms with van der Waals surface area (Å²) in [6.45, 7) is 7.61. The van der Waals surface area contributed by atoms with E-state index in [1.807, 2.05) is 13.8 Å². The van der Waals surface area contributed by atoms with Crippen molar-refractivity contribution in [3.8, 4) is 0 Å². The molecule has 1 N–H and O–H groups in total. The third kappa shape index (κ3) is 2.94. The van der Waals surface area contributed by atoms with E-state index in [1.165, 1.54) is 0 Å². The van der Waals surface area contributed by atoms with Gasteiger partial charge < -0.3 is 14.6 Å². The van der Waals surface area contributed by atoms with Crippen LogP contribution in [0.2, 0.25) is 5.02 Å². The molecule has 110 valence electrons. The number of carbonyl (C=O) groups is 1. The maximum atomic E-state index is 12.1. The van der Waals surface area contributed by atoms with Crippen LogP contribution in [0.5, 0.6) is 0 Å². The monoisotopic (exact) mass is 305 g/mol. The average Bonchev–Trinajstić information content (AvgIpc) is 3.17. The van der Waals surface area contributed by atoms with Crippen molar-refractivity contribution < 1.29 is 14.1 Å². The van der Waals surface area contributed by atoms with Crippen molar-refractivity contribution in [1.29, 1.82) is 0 Å². The van der Waals surface area contributed by atoms with Crippen molar-refractivity contribution in [3.63, 3.8) is 0 Å². The maximum Gasteiger partial charge on any atom is 0.564 e. The molecule has 4 nitrogen and oxygen atoms in total. The molecule has 1 aliphatic heterocycles. The van der Waals surface area contributed by atoms with Gasteiger partial charge in [0.15, 0.2) is 0 Å². The van der Waals surface area contributed by atoms with E-state index in [9.17, 15) is 4.79 Å². The number of rotatable bonds is 3. The van der Waals surface area contributed by atoms with Crippen molar-refractivity contribution >= 4 is 30.1 Å². The lowest BCUT2D eigenvalue weighted by atomic mass is 9.78. The zero-order valence-corrected chi connectivity index (χ0v) is 12.9. The summed E-state index contributed by atoms with van der Waals surface area (Å²) in [4.78, 5) is 12.1. The van der Waals surface area contributed by atoms with Gasteiger partial charge in [-0.15, -0.1) is 0 Å². The van der Waals surface area contributed by atoms with Crippen LogP contribution in [0.4, 0.5) is 0 Å². The highest BCUT2D eigenvalue weighted by Gasteiger charge is 2.44. The van der Waals surface area contributed by atoms with Gasteiger partial charge in [0.05, 0.1) is 5.76 Å². The molecule has 1 aromatic carbocycles. The van der Waals surface area contributed by atoms with Gasteiger partial charge in [0, 0.05) is 22.1 Å². The number of halogens is 1. The van der Waals surface area contributed by atoms with Crippen LogP contribution in [0, 0.1) is 0 Å². The zero-order valence-electron chi connectivity index (χ0n) is 12.1. The molecule has 0 atom stereocenters. The fourth-order valence-corrected chi connectivity index (χ4v) is 2.32. The van der Waals surface area contributed by atoms with E-state index in [1.54, 1.807) is 18.2 Å². The van der Waals surface area contributed by atoms with E-state index in [0.717, 1.165) is 12.8 Å². The lowest BCUT2D eigenvalue weighted by Crippen LogP contribution is -2.36.